The van der Waals surface area contributed by atoms with Gasteiger partial charge in [-0.2, -0.15) is 0 Å². The Balaban J connectivity index is 2.31. The van der Waals surface area contributed by atoms with E-state index in [0.717, 1.165) is 19.4 Å². The predicted molar refractivity (Wildman–Crippen MR) is 76.1 cm³/mol. The standard InChI is InChI=1S/C15H24N2O2/c1-4-14(17-10-5-12(2)3)11-19-15(18)13-6-8-16-9-7-13/h6-9,12,14,17H,4-5,10-11H2,1-3H3. The van der Waals surface area contributed by atoms with Gasteiger partial charge in [0.05, 0.1) is 5.56 Å². The third kappa shape index (κ3) is 6.34. The molecule has 1 unspecified atom stereocenters. The second kappa shape index (κ2) is 8.64. The van der Waals surface area contributed by atoms with Crippen LogP contribution in [0.1, 0.15) is 44.0 Å². The van der Waals surface area contributed by atoms with Crippen molar-refractivity contribution in [2.75, 3.05) is 13.2 Å². The van der Waals surface area contributed by atoms with E-state index in [1.165, 1.54) is 0 Å². The highest BCUT2D eigenvalue weighted by Crippen LogP contribution is 2.02. The van der Waals surface area contributed by atoms with Crippen LogP contribution in [-0.2, 0) is 4.74 Å². The van der Waals surface area contributed by atoms with Gasteiger partial charge in [0, 0.05) is 18.4 Å². The number of hydrogen-bond donors (Lipinski definition) is 1. The molecule has 0 amide bonds. The number of rotatable bonds is 8. The van der Waals surface area contributed by atoms with Crippen molar-refractivity contribution in [3.05, 3.63) is 30.1 Å². The molecular formula is C15H24N2O2. The normalized spacial score (nSPS) is 12.4. The van der Waals surface area contributed by atoms with Crippen LogP contribution in [0.4, 0.5) is 0 Å². The largest absolute Gasteiger partial charge is 0.460 e. The van der Waals surface area contributed by atoms with Gasteiger partial charge in [0.25, 0.3) is 0 Å². The molecule has 106 valence electrons. The van der Waals surface area contributed by atoms with Crippen LogP contribution in [0.2, 0.25) is 0 Å². The van der Waals surface area contributed by atoms with Gasteiger partial charge in [0.1, 0.15) is 6.61 Å². The Hall–Kier alpha value is -1.42. The number of carbonyl (C=O) groups excluding carboxylic acids is 1. The first-order valence-corrected chi connectivity index (χ1v) is 6.94. The fourth-order valence-corrected chi connectivity index (χ4v) is 1.64. The van der Waals surface area contributed by atoms with E-state index in [9.17, 15) is 4.79 Å². The number of nitrogens with zero attached hydrogens (tertiary/aromatic N) is 1. The Kier molecular flexibility index (Phi) is 7.11. The Morgan fingerprint density at radius 1 is 1.37 bits per heavy atom. The average Bonchev–Trinajstić information content (AvgIpc) is 2.42. The number of carbonyl (C=O) groups is 1. The summed E-state index contributed by atoms with van der Waals surface area (Å²) in [4.78, 5) is 15.6. The van der Waals surface area contributed by atoms with Gasteiger partial charge in [0.2, 0.25) is 0 Å². The summed E-state index contributed by atoms with van der Waals surface area (Å²) in [6.07, 6.45) is 5.26. The van der Waals surface area contributed by atoms with Gasteiger partial charge in [-0.15, -0.1) is 0 Å². The molecule has 4 heteroatoms. The maximum atomic E-state index is 11.8. The van der Waals surface area contributed by atoms with Crippen LogP contribution in [0.25, 0.3) is 0 Å². The van der Waals surface area contributed by atoms with Crippen LogP contribution in [-0.4, -0.2) is 30.1 Å². The first-order chi connectivity index (χ1) is 9.13. The van der Waals surface area contributed by atoms with Gasteiger partial charge in [-0.3, -0.25) is 4.98 Å². The SMILES string of the molecule is CCC(COC(=O)c1ccncc1)NCCC(C)C. The van der Waals surface area contributed by atoms with E-state index in [0.29, 0.717) is 18.1 Å². The summed E-state index contributed by atoms with van der Waals surface area (Å²) in [7, 11) is 0. The molecule has 0 aliphatic heterocycles. The molecule has 1 heterocycles. The van der Waals surface area contributed by atoms with Crippen molar-refractivity contribution in [2.24, 2.45) is 5.92 Å². The van der Waals surface area contributed by atoms with E-state index in [-0.39, 0.29) is 12.0 Å². The molecule has 0 fully saturated rings. The van der Waals surface area contributed by atoms with Crippen LogP contribution in [0.3, 0.4) is 0 Å². The van der Waals surface area contributed by atoms with Crippen LogP contribution in [0.15, 0.2) is 24.5 Å². The Morgan fingerprint density at radius 3 is 2.63 bits per heavy atom. The molecular weight excluding hydrogens is 240 g/mol. The number of hydrogen-bond acceptors (Lipinski definition) is 4. The molecule has 0 aliphatic rings. The van der Waals surface area contributed by atoms with Crippen LogP contribution in [0.5, 0.6) is 0 Å². The van der Waals surface area contributed by atoms with Gasteiger partial charge in [-0.05, 0) is 37.4 Å². The molecule has 19 heavy (non-hydrogen) atoms. The molecule has 1 atom stereocenters. The van der Waals surface area contributed by atoms with Crippen molar-refractivity contribution >= 4 is 5.97 Å². The van der Waals surface area contributed by atoms with Gasteiger partial charge >= 0.3 is 5.97 Å². The molecule has 1 aromatic rings. The van der Waals surface area contributed by atoms with Crippen LogP contribution >= 0.6 is 0 Å². The van der Waals surface area contributed by atoms with Crippen LogP contribution in [0, 0.1) is 5.92 Å². The highest BCUT2D eigenvalue weighted by Gasteiger charge is 2.11. The Labute approximate surface area is 115 Å². The maximum Gasteiger partial charge on any atom is 0.338 e. The Morgan fingerprint density at radius 2 is 2.05 bits per heavy atom. The zero-order valence-electron chi connectivity index (χ0n) is 12.1. The summed E-state index contributed by atoms with van der Waals surface area (Å²) in [5.41, 5.74) is 0.548. The maximum absolute atomic E-state index is 11.8. The summed E-state index contributed by atoms with van der Waals surface area (Å²) in [6, 6.07) is 3.55. The molecule has 4 nitrogen and oxygen atoms in total. The van der Waals surface area contributed by atoms with Crippen molar-refractivity contribution in [1.82, 2.24) is 10.3 Å². The minimum Gasteiger partial charge on any atom is -0.460 e. The molecule has 0 aliphatic carbocycles. The third-order valence-electron chi connectivity index (χ3n) is 2.98. The van der Waals surface area contributed by atoms with Gasteiger partial charge in [-0.25, -0.2) is 4.79 Å². The van der Waals surface area contributed by atoms with E-state index in [2.05, 4.69) is 31.1 Å². The molecule has 0 radical (unpaired) electrons. The first-order valence-electron chi connectivity index (χ1n) is 6.94. The lowest BCUT2D eigenvalue weighted by Crippen LogP contribution is -2.34. The van der Waals surface area contributed by atoms with Crippen molar-refractivity contribution < 1.29 is 9.53 Å². The summed E-state index contributed by atoms with van der Waals surface area (Å²) in [5.74, 6) is 0.399. The van der Waals surface area contributed by atoms with Crippen LogP contribution < -0.4 is 5.32 Å². The van der Waals surface area contributed by atoms with Crippen molar-refractivity contribution in [3.8, 4) is 0 Å². The van der Waals surface area contributed by atoms with Crippen molar-refractivity contribution in [3.63, 3.8) is 0 Å². The van der Waals surface area contributed by atoms with Gasteiger partial charge in [0.15, 0.2) is 0 Å². The predicted octanol–water partition coefficient (Wildman–Crippen LogP) is 2.65. The van der Waals surface area contributed by atoms with Gasteiger partial charge in [-0.1, -0.05) is 20.8 Å². The summed E-state index contributed by atoms with van der Waals surface area (Å²) in [6.45, 7) is 7.87. The Bertz CT molecular complexity index is 366. The minimum absolute atomic E-state index is 0.226. The third-order valence-corrected chi connectivity index (χ3v) is 2.98. The quantitative estimate of drug-likeness (QED) is 0.733. The van der Waals surface area contributed by atoms with E-state index in [1.807, 2.05) is 0 Å². The molecule has 1 rings (SSSR count). The summed E-state index contributed by atoms with van der Waals surface area (Å²) < 4.78 is 5.31. The zero-order valence-corrected chi connectivity index (χ0v) is 12.1. The van der Waals surface area contributed by atoms with E-state index in [4.69, 9.17) is 4.74 Å². The average molecular weight is 264 g/mol. The number of aromatic nitrogens is 1. The zero-order chi connectivity index (χ0) is 14.1. The van der Waals surface area contributed by atoms with E-state index >= 15 is 0 Å². The second-order valence-electron chi connectivity index (χ2n) is 5.08. The summed E-state index contributed by atoms with van der Waals surface area (Å²) in [5, 5.41) is 3.42. The van der Waals surface area contributed by atoms with E-state index < -0.39 is 0 Å². The molecule has 0 spiro atoms. The van der Waals surface area contributed by atoms with E-state index in [1.54, 1.807) is 24.5 Å². The number of nitrogens with one attached hydrogen (secondary N) is 1. The lowest BCUT2D eigenvalue weighted by Gasteiger charge is -2.17. The lowest BCUT2D eigenvalue weighted by atomic mass is 10.1. The molecule has 1 N–H and O–H groups in total. The number of esters is 1. The van der Waals surface area contributed by atoms with Gasteiger partial charge < -0.3 is 10.1 Å². The van der Waals surface area contributed by atoms with Crippen molar-refractivity contribution in [2.45, 2.75) is 39.7 Å². The minimum atomic E-state index is -0.286. The summed E-state index contributed by atoms with van der Waals surface area (Å²) >= 11 is 0. The fraction of sp³-hybridized carbons (Fsp3) is 0.600. The number of pyridine rings is 1. The second-order valence-corrected chi connectivity index (χ2v) is 5.08. The lowest BCUT2D eigenvalue weighted by molar-refractivity contribution is 0.0462. The molecule has 0 bridgehead atoms. The fourth-order valence-electron chi connectivity index (χ4n) is 1.64. The first kappa shape index (κ1) is 15.6. The molecule has 0 aromatic carbocycles. The molecule has 0 saturated carbocycles. The van der Waals surface area contributed by atoms with Crippen molar-refractivity contribution in [1.29, 1.82) is 0 Å². The molecule has 1 aromatic heterocycles. The molecule has 0 saturated heterocycles. The number of ether oxygens (including phenoxy) is 1. The highest BCUT2D eigenvalue weighted by atomic mass is 16.5. The monoisotopic (exact) mass is 264 g/mol. The smallest absolute Gasteiger partial charge is 0.338 e. The highest BCUT2D eigenvalue weighted by molar-refractivity contribution is 5.89. The topological polar surface area (TPSA) is 51.2 Å².